The molecule has 0 radical (unpaired) electrons. The Morgan fingerprint density at radius 3 is 1.45 bits per heavy atom. The van der Waals surface area contributed by atoms with E-state index in [1.165, 1.54) is 32.5 Å². The van der Waals surface area contributed by atoms with Crippen molar-refractivity contribution in [3.8, 4) is 0 Å². The Kier molecular flexibility index (Phi) is 16.7. The molecule has 2 saturated heterocycles. The van der Waals surface area contributed by atoms with Crippen LogP contribution in [-0.4, -0.2) is 84.8 Å². The van der Waals surface area contributed by atoms with Crippen LogP contribution in [-0.2, 0) is 0 Å². The topological polar surface area (TPSA) is 30.0 Å². The number of nitrogens with zero attached hydrogens (tertiary/aromatic N) is 3. The third-order valence-electron chi connectivity index (χ3n) is 6.95. The molecular formula is C27H61N3O. The summed E-state index contributed by atoms with van der Waals surface area (Å²) in [6.45, 7) is 23.5. The second-order valence-corrected chi connectivity index (χ2v) is 11.3. The predicted octanol–water partition coefficient (Wildman–Crippen LogP) is 5.56. The van der Waals surface area contributed by atoms with Crippen molar-refractivity contribution in [3.05, 3.63) is 0 Å². The van der Waals surface area contributed by atoms with Crippen molar-refractivity contribution < 1.29 is 5.11 Å². The Hall–Kier alpha value is -0.160. The molecule has 0 aromatic carbocycles. The van der Waals surface area contributed by atoms with Gasteiger partial charge in [-0.3, -0.25) is 4.90 Å². The molecule has 0 spiro atoms. The van der Waals surface area contributed by atoms with E-state index in [2.05, 4.69) is 84.2 Å². The number of likely N-dealkylation sites (tertiary alicyclic amines) is 2. The van der Waals surface area contributed by atoms with E-state index < -0.39 is 0 Å². The predicted molar refractivity (Wildman–Crippen MR) is 141 cm³/mol. The highest BCUT2D eigenvalue weighted by Crippen LogP contribution is 2.30. The molecule has 2 aliphatic heterocycles. The zero-order chi connectivity index (χ0) is 22.3. The van der Waals surface area contributed by atoms with Crippen LogP contribution in [0.3, 0.4) is 0 Å². The maximum atomic E-state index is 9.32. The van der Waals surface area contributed by atoms with Crippen LogP contribution in [0.5, 0.6) is 0 Å². The summed E-state index contributed by atoms with van der Waals surface area (Å²) in [7, 11) is 4.45. The molecule has 2 heterocycles. The number of likely N-dealkylation sites (N-methyl/N-ethyl adjacent to an activating group) is 1. The van der Waals surface area contributed by atoms with E-state index in [0.29, 0.717) is 30.5 Å². The second kappa shape index (κ2) is 15.6. The van der Waals surface area contributed by atoms with E-state index >= 15 is 0 Å². The molecule has 0 bridgehead atoms. The third kappa shape index (κ3) is 11.0. The summed E-state index contributed by atoms with van der Waals surface area (Å²) in [6, 6.07) is 2.08. The van der Waals surface area contributed by atoms with Crippen molar-refractivity contribution in [2.75, 3.05) is 46.9 Å². The lowest BCUT2D eigenvalue weighted by molar-refractivity contribution is 0.189. The highest BCUT2D eigenvalue weighted by Gasteiger charge is 2.35. The number of aliphatic hydroxyl groups excluding tert-OH is 1. The maximum Gasteiger partial charge on any atom is 0.0474 e. The van der Waals surface area contributed by atoms with E-state index in [1.54, 1.807) is 0 Å². The molecule has 0 aromatic rings. The van der Waals surface area contributed by atoms with Crippen molar-refractivity contribution in [2.24, 2.45) is 29.6 Å². The molecule has 2 rings (SSSR count). The first-order valence-corrected chi connectivity index (χ1v) is 12.2. The minimum Gasteiger partial charge on any atom is -0.396 e. The van der Waals surface area contributed by atoms with Gasteiger partial charge >= 0.3 is 0 Å². The van der Waals surface area contributed by atoms with E-state index in [4.69, 9.17) is 0 Å². The van der Waals surface area contributed by atoms with Crippen LogP contribution < -0.4 is 0 Å². The van der Waals surface area contributed by atoms with Gasteiger partial charge in [-0.25, -0.2) is 0 Å². The summed E-state index contributed by atoms with van der Waals surface area (Å²) < 4.78 is 0. The minimum atomic E-state index is 0. The molecule has 0 saturated carbocycles. The summed E-state index contributed by atoms with van der Waals surface area (Å²) in [5.41, 5.74) is 0. The van der Waals surface area contributed by atoms with Gasteiger partial charge in [-0.2, -0.15) is 0 Å². The van der Waals surface area contributed by atoms with Gasteiger partial charge in [0.15, 0.2) is 0 Å². The number of hydrogen-bond donors (Lipinski definition) is 1. The average molecular weight is 444 g/mol. The first-order chi connectivity index (χ1) is 13.5. The first kappa shape index (κ1) is 33.0. The van der Waals surface area contributed by atoms with Gasteiger partial charge in [0.05, 0.1) is 0 Å². The Balaban J connectivity index is 0. The normalized spacial score (nSPS) is 27.1. The standard InChI is InChI=1S/C13H28N2.C12H25NO.2CH4/c1-10(2)7-12-8-15(11(3)4)9-13(12)14(5)6;1-9(2)5-11-6-13(10(3)4)7-12(11)8-14;;/h10-13H,7-9H2,1-6H3;9-12,14H,5-8H2,1-4H3;2*1H4/t12-,13-;11-,12+;;/m11../s1. The van der Waals surface area contributed by atoms with Crippen LogP contribution in [0.1, 0.15) is 83.1 Å². The molecular weight excluding hydrogens is 382 g/mol. The molecule has 31 heavy (non-hydrogen) atoms. The van der Waals surface area contributed by atoms with E-state index in [9.17, 15) is 5.11 Å². The van der Waals surface area contributed by atoms with Gasteiger partial charge < -0.3 is 14.9 Å². The van der Waals surface area contributed by atoms with Gasteiger partial charge in [0.1, 0.15) is 0 Å². The van der Waals surface area contributed by atoms with Gasteiger partial charge in [0, 0.05) is 50.9 Å². The molecule has 4 atom stereocenters. The average Bonchev–Trinajstić information content (AvgIpc) is 3.18. The van der Waals surface area contributed by atoms with Gasteiger partial charge in [-0.05, 0) is 84.2 Å². The molecule has 0 unspecified atom stereocenters. The van der Waals surface area contributed by atoms with Crippen LogP contribution in [0.2, 0.25) is 0 Å². The number of aliphatic hydroxyl groups is 1. The Labute approximate surface area is 197 Å². The van der Waals surface area contributed by atoms with Gasteiger partial charge in [-0.15, -0.1) is 0 Å². The zero-order valence-corrected chi connectivity index (χ0v) is 21.4. The zero-order valence-electron chi connectivity index (χ0n) is 21.4. The van der Waals surface area contributed by atoms with E-state index in [-0.39, 0.29) is 14.9 Å². The molecule has 190 valence electrons. The molecule has 4 heteroatoms. The summed E-state index contributed by atoms with van der Waals surface area (Å²) in [5.74, 6) is 3.66. The van der Waals surface area contributed by atoms with Gasteiger partial charge in [0.25, 0.3) is 0 Å². The Morgan fingerprint density at radius 1 is 0.677 bits per heavy atom. The monoisotopic (exact) mass is 443 g/mol. The fourth-order valence-corrected chi connectivity index (χ4v) is 5.21. The lowest BCUT2D eigenvalue weighted by Crippen LogP contribution is -2.36. The molecule has 0 aromatic heterocycles. The quantitative estimate of drug-likeness (QED) is 0.532. The van der Waals surface area contributed by atoms with Crippen molar-refractivity contribution >= 4 is 0 Å². The van der Waals surface area contributed by atoms with E-state index in [1.807, 2.05) is 0 Å². The molecule has 0 amide bonds. The van der Waals surface area contributed by atoms with Crippen molar-refractivity contribution in [3.63, 3.8) is 0 Å². The second-order valence-electron chi connectivity index (χ2n) is 11.3. The van der Waals surface area contributed by atoms with Crippen molar-refractivity contribution in [1.29, 1.82) is 0 Å². The van der Waals surface area contributed by atoms with Crippen LogP contribution in [0.4, 0.5) is 0 Å². The lowest BCUT2D eigenvalue weighted by Gasteiger charge is -2.26. The summed E-state index contributed by atoms with van der Waals surface area (Å²) in [6.07, 6.45) is 2.63. The number of rotatable bonds is 8. The summed E-state index contributed by atoms with van der Waals surface area (Å²) in [4.78, 5) is 7.53. The van der Waals surface area contributed by atoms with Crippen LogP contribution >= 0.6 is 0 Å². The van der Waals surface area contributed by atoms with Crippen molar-refractivity contribution in [2.45, 2.75) is 101 Å². The fourth-order valence-electron chi connectivity index (χ4n) is 5.21. The number of hydrogen-bond acceptors (Lipinski definition) is 4. The van der Waals surface area contributed by atoms with Gasteiger partial charge in [0.2, 0.25) is 0 Å². The maximum absolute atomic E-state index is 9.32. The summed E-state index contributed by atoms with van der Waals surface area (Å²) in [5, 5.41) is 9.32. The minimum absolute atomic E-state index is 0. The lowest BCUT2D eigenvalue weighted by atomic mass is 9.89. The highest BCUT2D eigenvalue weighted by atomic mass is 16.3. The largest absolute Gasteiger partial charge is 0.396 e. The summed E-state index contributed by atoms with van der Waals surface area (Å²) >= 11 is 0. The molecule has 2 aliphatic rings. The fraction of sp³-hybridized carbons (Fsp3) is 1.00. The highest BCUT2D eigenvalue weighted by molar-refractivity contribution is 4.90. The Morgan fingerprint density at radius 2 is 1.06 bits per heavy atom. The van der Waals surface area contributed by atoms with Gasteiger partial charge in [-0.1, -0.05) is 42.5 Å². The van der Waals surface area contributed by atoms with Crippen molar-refractivity contribution in [1.82, 2.24) is 14.7 Å². The first-order valence-electron chi connectivity index (χ1n) is 12.2. The van der Waals surface area contributed by atoms with Crippen LogP contribution in [0.15, 0.2) is 0 Å². The van der Waals surface area contributed by atoms with Crippen LogP contribution in [0.25, 0.3) is 0 Å². The molecule has 0 aliphatic carbocycles. The Bertz CT molecular complexity index is 436. The van der Waals surface area contributed by atoms with Crippen LogP contribution in [0, 0.1) is 29.6 Å². The SMILES string of the molecule is C.C.CC(C)C[C@@H]1CN(C(C)C)C[C@H]1CO.CC(C)C[C@@H]1CN(C(C)C)C[C@H]1N(C)C. The third-order valence-corrected chi connectivity index (χ3v) is 6.95. The van der Waals surface area contributed by atoms with E-state index in [0.717, 1.165) is 30.3 Å². The molecule has 1 N–H and O–H groups in total. The molecule has 2 fully saturated rings. The molecule has 4 nitrogen and oxygen atoms in total. The smallest absolute Gasteiger partial charge is 0.0474 e.